The third-order valence-corrected chi connectivity index (χ3v) is 4.40. The Bertz CT molecular complexity index is 765. The molecule has 26 heavy (non-hydrogen) atoms. The van der Waals surface area contributed by atoms with Gasteiger partial charge < -0.3 is 19.9 Å². The quantitative estimate of drug-likeness (QED) is 0.471. The molecule has 6 nitrogen and oxygen atoms in total. The molecular formula is C19H22BrNO5. The smallest absolute Gasteiger partial charge is 0.407 e. The number of hydrogen-bond donors (Lipinski definition) is 2. The third kappa shape index (κ3) is 5.62. The first-order chi connectivity index (χ1) is 12.5. The average molecular weight is 424 g/mol. The van der Waals surface area contributed by atoms with Crippen molar-refractivity contribution in [2.75, 3.05) is 25.6 Å². The molecule has 0 heterocycles. The maximum atomic E-state index is 11.7. The molecule has 140 valence electrons. The summed E-state index contributed by atoms with van der Waals surface area (Å²) in [4.78, 5) is 23.0. The number of ether oxygens (including phenoxy) is 2. The number of carboxylic acids is 1. The Balaban J connectivity index is 1.99. The van der Waals surface area contributed by atoms with Gasteiger partial charge in [0.05, 0.1) is 19.6 Å². The number of aliphatic carboxylic acids is 1. The summed E-state index contributed by atoms with van der Waals surface area (Å²) in [5.74, 6) is -0.771. The molecule has 0 unspecified atom stereocenters. The number of benzene rings is 2. The van der Waals surface area contributed by atoms with Crippen molar-refractivity contribution in [3.63, 3.8) is 0 Å². The van der Waals surface area contributed by atoms with Crippen LogP contribution in [0, 0.1) is 0 Å². The van der Waals surface area contributed by atoms with E-state index < -0.39 is 18.0 Å². The Morgan fingerprint density at radius 2 is 1.92 bits per heavy atom. The molecule has 0 saturated heterocycles. The number of methoxy groups -OCH3 is 1. The van der Waals surface area contributed by atoms with Crippen LogP contribution < -0.4 is 10.1 Å². The lowest BCUT2D eigenvalue weighted by Gasteiger charge is -2.14. The van der Waals surface area contributed by atoms with Crippen LogP contribution in [0.4, 0.5) is 4.79 Å². The van der Waals surface area contributed by atoms with Crippen LogP contribution in [0.5, 0.6) is 5.75 Å². The molecule has 0 spiro atoms. The number of nitrogens with one attached hydrogen (secondary N) is 1. The van der Waals surface area contributed by atoms with Gasteiger partial charge in [-0.25, -0.2) is 4.79 Å². The van der Waals surface area contributed by atoms with E-state index >= 15 is 0 Å². The number of halogens is 1. The molecule has 0 aromatic heterocycles. The minimum Gasteiger partial charge on any atom is -0.497 e. The predicted molar refractivity (Wildman–Crippen MR) is 103 cm³/mol. The highest BCUT2D eigenvalue weighted by Gasteiger charge is 2.20. The van der Waals surface area contributed by atoms with Crippen molar-refractivity contribution in [1.82, 2.24) is 5.32 Å². The standard InChI is InChI=1S/C19H22BrNO5/c1-25-16-7-6-13-11-15(5-4-14(13)12-16)17(18(22)23)3-2-10-26-19(24)21-9-8-20/h4-7,11-12,17H,2-3,8-10H2,1H3,(H,21,24)(H,22,23)/t17-/m0/s1. The number of alkyl carbamates (subject to hydrolysis) is 1. The minimum absolute atomic E-state index is 0.183. The molecule has 2 aromatic carbocycles. The van der Waals surface area contributed by atoms with Gasteiger partial charge in [-0.2, -0.15) is 0 Å². The zero-order chi connectivity index (χ0) is 18.9. The van der Waals surface area contributed by atoms with E-state index in [9.17, 15) is 14.7 Å². The van der Waals surface area contributed by atoms with Gasteiger partial charge in [-0.15, -0.1) is 0 Å². The van der Waals surface area contributed by atoms with Gasteiger partial charge in [-0.05, 0) is 41.3 Å². The second-order valence-corrected chi connectivity index (χ2v) is 6.55. The van der Waals surface area contributed by atoms with Crippen molar-refractivity contribution in [3.05, 3.63) is 42.0 Å². The van der Waals surface area contributed by atoms with Crippen LogP contribution >= 0.6 is 15.9 Å². The van der Waals surface area contributed by atoms with Crippen LogP contribution in [0.25, 0.3) is 10.8 Å². The van der Waals surface area contributed by atoms with Gasteiger partial charge in [0, 0.05) is 11.9 Å². The zero-order valence-electron chi connectivity index (χ0n) is 14.5. The van der Waals surface area contributed by atoms with Gasteiger partial charge in [0.25, 0.3) is 0 Å². The Kier molecular flexibility index (Phi) is 7.72. The molecule has 2 rings (SSSR count). The van der Waals surface area contributed by atoms with Crippen molar-refractivity contribution >= 4 is 38.8 Å². The van der Waals surface area contributed by atoms with E-state index in [1.54, 1.807) is 7.11 Å². The number of alkyl halides is 1. The van der Waals surface area contributed by atoms with E-state index in [2.05, 4.69) is 21.2 Å². The molecule has 1 atom stereocenters. The number of rotatable bonds is 9. The van der Waals surface area contributed by atoms with Crippen molar-refractivity contribution in [2.24, 2.45) is 0 Å². The van der Waals surface area contributed by atoms with Gasteiger partial charge in [-0.1, -0.05) is 40.2 Å². The van der Waals surface area contributed by atoms with Crippen molar-refractivity contribution < 1.29 is 24.2 Å². The van der Waals surface area contributed by atoms with Crippen LogP contribution in [0.15, 0.2) is 36.4 Å². The molecule has 0 aliphatic carbocycles. The molecule has 0 saturated carbocycles. The average Bonchev–Trinajstić information content (AvgIpc) is 2.65. The largest absolute Gasteiger partial charge is 0.497 e. The number of carboxylic acid groups (broad SMARTS) is 1. The maximum Gasteiger partial charge on any atom is 0.407 e. The summed E-state index contributed by atoms with van der Waals surface area (Å²) in [6.45, 7) is 0.668. The van der Waals surface area contributed by atoms with Crippen LogP contribution in [0.1, 0.15) is 24.3 Å². The normalized spacial score (nSPS) is 11.8. The molecular weight excluding hydrogens is 402 g/mol. The molecule has 0 aliphatic heterocycles. The second-order valence-electron chi connectivity index (χ2n) is 5.76. The van der Waals surface area contributed by atoms with Gasteiger partial charge in [0.1, 0.15) is 5.75 Å². The first kappa shape index (κ1) is 20.0. The van der Waals surface area contributed by atoms with Crippen molar-refractivity contribution in [1.29, 1.82) is 0 Å². The molecule has 7 heteroatoms. The van der Waals surface area contributed by atoms with E-state index in [4.69, 9.17) is 9.47 Å². The highest BCUT2D eigenvalue weighted by Crippen LogP contribution is 2.27. The number of carbonyl (C=O) groups is 2. The summed E-state index contributed by atoms with van der Waals surface area (Å²) >= 11 is 3.20. The van der Waals surface area contributed by atoms with Crippen LogP contribution in [-0.2, 0) is 9.53 Å². The number of carbonyl (C=O) groups excluding carboxylic acids is 1. The first-order valence-corrected chi connectivity index (χ1v) is 9.44. The lowest BCUT2D eigenvalue weighted by atomic mass is 9.92. The van der Waals surface area contributed by atoms with Crippen LogP contribution in [0.2, 0.25) is 0 Å². The molecule has 2 aromatic rings. The van der Waals surface area contributed by atoms with Gasteiger partial charge in [0.15, 0.2) is 0 Å². The fourth-order valence-electron chi connectivity index (χ4n) is 2.67. The Labute approximate surface area is 160 Å². The third-order valence-electron chi connectivity index (χ3n) is 4.01. The lowest BCUT2D eigenvalue weighted by Crippen LogP contribution is -2.26. The molecule has 2 N–H and O–H groups in total. The first-order valence-electron chi connectivity index (χ1n) is 8.32. The SMILES string of the molecule is COc1ccc2cc([C@H](CCCOC(=O)NCCBr)C(=O)O)ccc2c1. The van der Waals surface area contributed by atoms with Gasteiger partial charge in [-0.3, -0.25) is 4.79 Å². The minimum atomic E-state index is -0.887. The molecule has 0 bridgehead atoms. The highest BCUT2D eigenvalue weighted by atomic mass is 79.9. The summed E-state index contributed by atoms with van der Waals surface area (Å²) in [5, 5.41) is 14.7. The summed E-state index contributed by atoms with van der Waals surface area (Å²) < 4.78 is 10.2. The molecule has 0 aliphatic rings. The van der Waals surface area contributed by atoms with E-state index in [1.165, 1.54) is 0 Å². The Hall–Kier alpha value is -2.28. The number of hydrogen-bond acceptors (Lipinski definition) is 4. The number of fused-ring (bicyclic) bond motifs is 1. The van der Waals surface area contributed by atoms with Crippen molar-refractivity contribution in [3.8, 4) is 5.75 Å². The molecule has 1 amide bonds. The van der Waals surface area contributed by atoms with E-state index in [0.29, 0.717) is 24.7 Å². The summed E-state index contributed by atoms with van der Waals surface area (Å²) in [7, 11) is 1.61. The highest BCUT2D eigenvalue weighted by molar-refractivity contribution is 9.09. The second kappa shape index (κ2) is 10.0. The maximum absolute atomic E-state index is 11.7. The summed E-state index contributed by atoms with van der Waals surface area (Å²) in [6, 6.07) is 11.3. The number of amides is 1. The summed E-state index contributed by atoms with van der Waals surface area (Å²) in [5.41, 5.74) is 0.735. The topological polar surface area (TPSA) is 84.9 Å². The van der Waals surface area contributed by atoms with E-state index in [1.807, 2.05) is 36.4 Å². The van der Waals surface area contributed by atoms with Gasteiger partial charge >= 0.3 is 12.1 Å². The fourth-order valence-corrected chi connectivity index (χ4v) is 2.87. The Morgan fingerprint density at radius 1 is 1.19 bits per heavy atom. The molecule has 0 fully saturated rings. The van der Waals surface area contributed by atoms with Crippen LogP contribution in [-0.4, -0.2) is 42.8 Å². The summed E-state index contributed by atoms with van der Waals surface area (Å²) in [6.07, 6.45) is 0.373. The van der Waals surface area contributed by atoms with E-state index in [0.717, 1.165) is 22.1 Å². The monoisotopic (exact) mass is 423 g/mol. The van der Waals surface area contributed by atoms with Crippen LogP contribution in [0.3, 0.4) is 0 Å². The Morgan fingerprint density at radius 3 is 2.62 bits per heavy atom. The van der Waals surface area contributed by atoms with Gasteiger partial charge in [0.2, 0.25) is 0 Å². The van der Waals surface area contributed by atoms with Crippen molar-refractivity contribution in [2.45, 2.75) is 18.8 Å². The zero-order valence-corrected chi connectivity index (χ0v) is 16.1. The van der Waals surface area contributed by atoms with E-state index in [-0.39, 0.29) is 6.61 Å². The lowest BCUT2D eigenvalue weighted by molar-refractivity contribution is -0.139. The predicted octanol–water partition coefficient (Wildman–Crippen LogP) is 3.92. The molecule has 0 radical (unpaired) electrons. The fraction of sp³-hybridized carbons (Fsp3) is 0.368.